The average Bonchev–Trinajstić information content (AvgIpc) is 2.38. The van der Waals surface area contributed by atoms with E-state index in [0.717, 1.165) is 0 Å². The van der Waals surface area contributed by atoms with E-state index in [-0.39, 0.29) is 9.72 Å². The van der Waals surface area contributed by atoms with Gasteiger partial charge in [-0.25, -0.2) is 17.7 Å². The zero-order valence-electron chi connectivity index (χ0n) is 12.1. The second kappa shape index (κ2) is 7.35. The molecule has 0 fully saturated rings. The molecular weight excluding hydrogens is 346 g/mol. The highest BCUT2D eigenvalue weighted by Gasteiger charge is 2.18. The Morgan fingerprint density at radius 1 is 1.35 bits per heavy atom. The van der Waals surface area contributed by atoms with Crippen LogP contribution in [0.4, 0.5) is 5.82 Å². The topological polar surface area (TPSA) is 62.7 Å². The third kappa shape index (κ3) is 4.41. The molecule has 114 valence electrons. The Kier molecular flexibility index (Phi) is 6.38. The number of aromatic nitrogens is 1. The van der Waals surface area contributed by atoms with Crippen LogP contribution < -0.4 is 4.90 Å². The first kappa shape index (κ1) is 17.4. The summed E-state index contributed by atoms with van der Waals surface area (Å²) in [6, 6.07) is 3.26. The van der Waals surface area contributed by atoms with Gasteiger partial charge in [-0.1, -0.05) is 15.9 Å². The molecule has 6 nitrogen and oxygen atoms in total. The van der Waals surface area contributed by atoms with Gasteiger partial charge in [-0.2, -0.15) is 0 Å². The van der Waals surface area contributed by atoms with Crippen LogP contribution in [0.2, 0.25) is 0 Å². The minimum atomic E-state index is -3.43. The Morgan fingerprint density at radius 3 is 2.45 bits per heavy atom. The lowest BCUT2D eigenvalue weighted by atomic mass is 10.4. The smallest absolute Gasteiger partial charge is 0.244 e. The lowest BCUT2D eigenvalue weighted by Gasteiger charge is -2.21. The van der Waals surface area contributed by atoms with Crippen LogP contribution in [0.3, 0.4) is 0 Å². The molecule has 1 unspecified atom stereocenters. The van der Waals surface area contributed by atoms with Crippen molar-refractivity contribution in [3.05, 3.63) is 18.3 Å². The van der Waals surface area contributed by atoms with E-state index in [1.807, 2.05) is 11.9 Å². The van der Waals surface area contributed by atoms with Gasteiger partial charge in [0.25, 0.3) is 0 Å². The highest BCUT2D eigenvalue weighted by atomic mass is 79.9. The van der Waals surface area contributed by atoms with E-state index >= 15 is 0 Å². The summed E-state index contributed by atoms with van der Waals surface area (Å²) in [4.78, 5) is 6.51. The number of nitrogens with zero attached hydrogens (tertiary/aromatic N) is 3. The number of hydrogen-bond donors (Lipinski definition) is 0. The Labute approximate surface area is 128 Å². The van der Waals surface area contributed by atoms with Crippen LogP contribution in [0.1, 0.15) is 0 Å². The summed E-state index contributed by atoms with van der Waals surface area (Å²) in [5.74, 6) is 0.711. The van der Waals surface area contributed by atoms with Gasteiger partial charge < -0.3 is 9.64 Å². The van der Waals surface area contributed by atoms with Crippen LogP contribution >= 0.6 is 15.9 Å². The molecule has 0 aliphatic carbocycles. The summed E-state index contributed by atoms with van der Waals surface area (Å²) in [5, 5.41) is 0. The largest absolute Gasteiger partial charge is 0.383 e. The first-order valence-electron chi connectivity index (χ1n) is 6.01. The Bertz CT molecular complexity index is 519. The van der Waals surface area contributed by atoms with Crippen molar-refractivity contribution in [1.82, 2.24) is 9.29 Å². The highest BCUT2D eigenvalue weighted by molar-refractivity contribution is 9.09. The summed E-state index contributed by atoms with van der Waals surface area (Å²) in [7, 11) is 3.10. The molecule has 1 heterocycles. The van der Waals surface area contributed by atoms with Gasteiger partial charge in [-0.15, -0.1) is 0 Å². The van der Waals surface area contributed by atoms with Crippen molar-refractivity contribution in [3.8, 4) is 0 Å². The Morgan fingerprint density at radius 2 is 2.00 bits per heavy atom. The fraction of sp³-hybridized carbons (Fsp3) is 0.583. The zero-order chi connectivity index (χ0) is 15.3. The molecule has 1 aromatic heterocycles. The number of ether oxygens (including phenoxy) is 1. The van der Waals surface area contributed by atoms with Crippen molar-refractivity contribution in [1.29, 1.82) is 0 Å². The first-order chi connectivity index (χ1) is 9.28. The molecule has 0 radical (unpaired) electrons. The van der Waals surface area contributed by atoms with Crippen molar-refractivity contribution in [3.63, 3.8) is 0 Å². The van der Waals surface area contributed by atoms with Gasteiger partial charge in [-0.05, 0) is 12.1 Å². The van der Waals surface area contributed by atoms with Gasteiger partial charge in [0.05, 0.1) is 11.4 Å². The summed E-state index contributed by atoms with van der Waals surface area (Å²) >= 11 is 3.50. The molecule has 0 aliphatic rings. The van der Waals surface area contributed by atoms with Crippen LogP contribution in [0.15, 0.2) is 23.2 Å². The molecule has 0 saturated heterocycles. The number of alkyl halides is 1. The lowest BCUT2D eigenvalue weighted by molar-refractivity contribution is 0.201. The molecule has 1 atom stereocenters. The van der Waals surface area contributed by atoms with E-state index in [2.05, 4.69) is 20.9 Å². The van der Waals surface area contributed by atoms with Gasteiger partial charge in [0.1, 0.15) is 10.7 Å². The molecule has 0 bridgehead atoms. The van der Waals surface area contributed by atoms with Crippen LogP contribution in [-0.2, 0) is 14.8 Å². The van der Waals surface area contributed by atoms with Gasteiger partial charge >= 0.3 is 0 Å². The maximum absolute atomic E-state index is 11.9. The van der Waals surface area contributed by atoms with Gasteiger partial charge in [0.15, 0.2) is 0 Å². The van der Waals surface area contributed by atoms with Crippen LogP contribution in [0.25, 0.3) is 0 Å². The number of methoxy groups -OCH3 is 1. The molecule has 20 heavy (non-hydrogen) atoms. The van der Waals surface area contributed by atoms with E-state index in [0.29, 0.717) is 19.0 Å². The maximum atomic E-state index is 11.9. The molecular formula is C12H20BrN3O3S. The average molecular weight is 366 g/mol. The molecule has 1 aromatic rings. The SMILES string of the molecule is COCC(Br)CN(C)c1ccc(S(=O)(=O)N(C)C)cn1. The highest BCUT2D eigenvalue weighted by Crippen LogP contribution is 2.16. The number of rotatable bonds is 7. The fourth-order valence-electron chi connectivity index (χ4n) is 1.59. The number of sulfonamides is 1. The predicted octanol–water partition coefficient (Wildman–Crippen LogP) is 1.18. The number of halogens is 1. The van der Waals surface area contributed by atoms with Crippen molar-refractivity contribution in [2.45, 2.75) is 9.72 Å². The summed E-state index contributed by atoms with van der Waals surface area (Å²) in [6.07, 6.45) is 1.38. The minimum Gasteiger partial charge on any atom is -0.383 e. The van der Waals surface area contributed by atoms with Crippen LogP contribution in [0, 0.1) is 0 Å². The summed E-state index contributed by atoms with van der Waals surface area (Å²) < 4.78 is 30.1. The molecule has 0 spiro atoms. The monoisotopic (exact) mass is 365 g/mol. The predicted molar refractivity (Wildman–Crippen MR) is 83.0 cm³/mol. The van der Waals surface area contributed by atoms with Gasteiger partial charge in [-0.3, -0.25) is 0 Å². The van der Waals surface area contributed by atoms with E-state index < -0.39 is 10.0 Å². The van der Waals surface area contributed by atoms with Crippen molar-refractivity contribution in [2.75, 3.05) is 46.3 Å². The molecule has 0 aromatic carbocycles. The Hall–Kier alpha value is -0.700. The number of anilines is 1. The standard InChI is InChI=1S/C12H20BrN3O3S/c1-15(2)20(17,18)11-5-6-12(14-7-11)16(3)8-10(13)9-19-4/h5-7,10H,8-9H2,1-4H3. The first-order valence-corrected chi connectivity index (χ1v) is 8.37. The number of hydrogen-bond acceptors (Lipinski definition) is 5. The number of pyridine rings is 1. The van der Waals surface area contributed by atoms with Gasteiger partial charge in [0, 0.05) is 41.0 Å². The lowest BCUT2D eigenvalue weighted by Crippen LogP contribution is -2.29. The van der Waals surface area contributed by atoms with E-state index in [4.69, 9.17) is 4.74 Å². The van der Waals surface area contributed by atoms with Crippen molar-refractivity contribution in [2.24, 2.45) is 0 Å². The molecule has 0 aliphatic heterocycles. The molecule has 0 amide bonds. The van der Waals surface area contributed by atoms with Crippen LogP contribution in [-0.4, -0.2) is 63.9 Å². The van der Waals surface area contributed by atoms with E-state index in [1.54, 1.807) is 19.2 Å². The normalized spacial score (nSPS) is 13.5. The summed E-state index contributed by atoms with van der Waals surface area (Å²) in [6.45, 7) is 1.30. The third-order valence-corrected chi connectivity index (χ3v) is 5.06. The molecule has 8 heteroatoms. The van der Waals surface area contributed by atoms with Crippen molar-refractivity contribution < 1.29 is 13.2 Å². The van der Waals surface area contributed by atoms with E-state index in [9.17, 15) is 8.42 Å². The van der Waals surface area contributed by atoms with Gasteiger partial charge in [0.2, 0.25) is 10.0 Å². The third-order valence-electron chi connectivity index (χ3n) is 2.71. The maximum Gasteiger partial charge on any atom is 0.244 e. The molecule has 1 rings (SSSR count). The zero-order valence-corrected chi connectivity index (χ0v) is 14.5. The molecule has 0 saturated carbocycles. The minimum absolute atomic E-state index is 0.185. The van der Waals surface area contributed by atoms with E-state index in [1.165, 1.54) is 24.6 Å². The Balaban J connectivity index is 2.81. The van der Waals surface area contributed by atoms with Crippen LogP contribution in [0.5, 0.6) is 0 Å². The quantitative estimate of drug-likeness (QED) is 0.678. The second-order valence-electron chi connectivity index (χ2n) is 4.57. The van der Waals surface area contributed by atoms with Crippen molar-refractivity contribution >= 4 is 31.8 Å². The fourth-order valence-corrected chi connectivity index (χ4v) is 3.13. The summed E-state index contributed by atoms with van der Waals surface area (Å²) in [5.41, 5.74) is 0. The molecule has 0 N–H and O–H groups in total. The second-order valence-corrected chi connectivity index (χ2v) is 8.02.